The van der Waals surface area contributed by atoms with Crippen LogP contribution >= 0.6 is 12.4 Å². The fourth-order valence-electron chi connectivity index (χ4n) is 1.83. The summed E-state index contributed by atoms with van der Waals surface area (Å²) in [4.78, 5) is 14.0. The van der Waals surface area contributed by atoms with Crippen molar-refractivity contribution in [2.75, 3.05) is 30.0 Å². The number of para-hydroxylation sites is 1. The first-order valence-corrected chi connectivity index (χ1v) is 6.01. The van der Waals surface area contributed by atoms with Gasteiger partial charge in [-0.05, 0) is 30.3 Å². The second kappa shape index (κ2) is 6.82. The maximum atomic E-state index is 12.1. The Bertz CT molecular complexity index is 585. The van der Waals surface area contributed by atoms with Crippen molar-refractivity contribution in [1.82, 2.24) is 0 Å². The summed E-state index contributed by atoms with van der Waals surface area (Å²) in [5.74, 6) is -0.164. The third-order valence-corrected chi connectivity index (χ3v) is 2.80. The van der Waals surface area contributed by atoms with Crippen molar-refractivity contribution in [3.8, 4) is 0 Å². The molecule has 0 spiro atoms. The summed E-state index contributed by atoms with van der Waals surface area (Å²) < 4.78 is 0. The van der Waals surface area contributed by atoms with Gasteiger partial charge in [-0.2, -0.15) is 0 Å². The number of anilines is 3. The highest BCUT2D eigenvalue weighted by molar-refractivity contribution is 6.05. The zero-order valence-electron chi connectivity index (χ0n) is 11.5. The molecule has 0 aromatic heterocycles. The van der Waals surface area contributed by atoms with Gasteiger partial charge in [-0.15, -0.1) is 12.4 Å². The van der Waals surface area contributed by atoms with Crippen molar-refractivity contribution >= 4 is 35.4 Å². The summed E-state index contributed by atoms with van der Waals surface area (Å²) >= 11 is 0. The number of carbonyl (C=O) groups is 1. The number of halogens is 1. The molecule has 0 saturated carbocycles. The first-order chi connectivity index (χ1) is 9.08. The van der Waals surface area contributed by atoms with Crippen LogP contribution in [0.5, 0.6) is 0 Å². The van der Waals surface area contributed by atoms with Crippen LogP contribution in [0, 0.1) is 0 Å². The van der Waals surface area contributed by atoms with Crippen LogP contribution in [0.25, 0.3) is 0 Å². The lowest BCUT2D eigenvalue weighted by atomic mass is 10.1. The molecule has 0 radical (unpaired) electrons. The minimum absolute atomic E-state index is 0. The molecule has 4 nitrogen and oxygen atoms in total. The van der Waals surface area contributed by atoms with Gasteiger partial charge in [0, 0.05) is 25.3 Å². The third-order valence-electron chi connectivity index (χ3n) is 2.80. The van der Waals surface area contributed by atoms with Crippen molar-refractivity contribution in [2.45, 2.75) is 0 Å². The molecule has 2 rings (SSSR count). The van der Waals surface area contributed by atoms with Gasteiger partial charge in [0.1, 0.15) is 0 Å². The van der Waals surface area contributed by atoms with Crippen LogP contribution in [-0.4, -0.2) is 20.0 Å². The van der Waals surface area contributed by atoms with Gasteiger partial charge in [-0.3, -0.25) is 4.79 Å². The monoisotopic (exact) mass is 291 g/mol. The van der Waals surface area contributed by atoms with E-state index in [1.54, 1.807) is 12.1 Å². The summed E-state index contributed by atoms with van der Waals surface area (Å²) in [7, 11) is 3.82. The van der Waals surface area contributed by atoms with Gasteiger partial charge in [0.15, 0.2) is 0 Å². The Morgan fingerprint density at radius 3 is 2.30 bits per heavy atom. The molecule has 20 heavy (non-hydrogen) atoms. The van der Waals surface area contributed by atoms with Gasteiger partial charge in [-0.1, -0.05) is 18.2 Å². The average Bonchev–Trinajstić information content (AvgIpc) is 2.39. The smallest absolute Gasteiger partial charge is 0.255 e. The molecule has 5 heteroatoms. The van der Waals surface area contributed by atoms with Crippen molar-refractivity contribution in [3.63, 3.8) is 0 Å². The molecule has 0 heterocycles. The maximum Gasteiger partial charge on any atom is 0.255 e. The standard InChI is InChI=1S/C15H17N3O.ClH/c1-18(2)14-9-8-11(10-13(14)16)15(19)17-12-6-4-3-5-7-12;/h3-10H,16H2,1-2H3,(H,17,19);1H. The molecule has 0 bridgehead atoms. The van der Waals surface area contributed by atoms with E-state index in [9.17, 15) is 4.79 Å². The van der Waals surface area contributed by atoms with Crippen molar-refractivity contribution in [2.24, 2.45) is 0 Å². The number of nitrogens with two attached hydrogens (primary N) is 1. The van der Waals surface area contributed by atoms with Crippen LogP contribution in [-0.2, 0) is 0 Å². The van der Waals surface area contributed by atoms with Gasteiger partial charge in [0.05, 0.1) is 11.4 Å². The minimum Gasteiger partial charge on any atom is -0.397 e. The van der Waals surface area contributed by atoms with Crippen molar-refractivity contribution in [1.29, 1.82) is 0 Å². The Morgan fingerprint density at radius 1 is 1.10 bits per heavy atom. The number of hydrogen-bond donors (Lipinski definition) is 2. The third kappa shape index (κ3) is 3.65. The largest absolute Gasteiger partial charge is 0.397 e. The molecule has 0 aliphatic rings. The van der Waals surface area contributed by atoms with Gasteiger partial charge >= 0.3 is 0 Å². The van der Waals surface area contributed by atoms with E-state index in [1.807, 2.05) is 55.4 Å². The van der Waals surface area contributed by atoms with Gasteiger partial charge in [0.25, 0.3) is 5.91 Å². The summed E-state index contributed by atoms with van der Waals surface area (Å²) in [5.41, 5.74) is 8.73. The molecule has 0 atom stereocenters. The lowest BCUT2D eigenvalue weighted by molar-refractivity contribution is 0.102. The second-order valence-electron chi connectivity index (χ2n) is 4.49. The predicted molar refractivity (Wildman–Crippen MR) is 86.8 cm³/mol. The minimum atomic E-state index is -0.164. The molecular weight excluding hydrogens is 274 g/mol. The molecule has 2 aromatic carbocycles. The number of hydrogen-bond acceptors (Lipinski definition) is 3. The number of carbonyl (C=O) groups excluding carboxylic acids is 1. The zero-order chi connectivity index (χ0) is 13.8. The molecule has 0 aliphatic carbocycles. The molecule has 0 fully saturated rings. The predicted octanol–water partition coefficient (Wildman–Crippen LogP) is 3.01. The van der Waals surface area contributed by atoms with Crippen LogP contribution in [0.15, 0.2) is 48.5 Å². The fourth-order valence-corrected chi connectivity index (χ4v) is 1.83. The molecule has 106 valence electrons. The van der Waals surface area contributed by atoms with Crippen LogP contribution in [0.4, 0.5) is 17.1 Å². The Kier molecular flexibility index (Phi) is 5.41. The van der Waals surface area contributed by atoms with Crippen LogP contribution in [0.2, 0.25) is 0 Å². The fraction of sp³-hybridized carbons (Fsp3) is 0.133. The number of nitrogen functional groups attached to an aromatic ring is 1. The number of amides is 1. The molecule has 3 N–H and O–H groups in total. The topological polar surface area (TPSA) is 58.4 Å². The summed E-state index contributed by atoms with van der Waals surface area (Å²) in [6.45, 7) is 0. The van der Waals surface area contributed by atoms with Gasteiger partial charge in [0.2, 0.25) is 0 Å². The molecular formula is C15H18ClN3O. The Hall–Kier alpha value is -2.20. The Morgan fingerprint density at radius 2 is 1.75 bits per heavy atom. The lowest BCUT2D eigenvalue weighted by Crippen LogP contribution is -2.14. The van der Waals surface area contributed by atoms with E-state index in [1.165, 1.54) is 0 Å². The molecule has 1 amide bonds. The van der Waals surface area contributed by atoms with E-state index in [0.29, 0.717) is 11.3 Å². The number of nitrogens with one attached hydrogen (secondary N) is 1. The van der Waals surface area contributed by atoms with E-state index in [0.717, 1.165) is 11.4 Å². The normalized spacial score (nSPS) is 9.50. The Labute approximate surface area is 125 Å². The Balaban J connectivity index is 0.00000200. The quantitative estimate of drug-likeness (QED) is 0.855. The highest BCUT2D eigenvalue weighted by Crippen LogP contribution is 2.22. The van der Waals surface area contributed by atoms with E-state index < -0.39 is 0 Å². The SMILES string of the molecule is CN(C)c1ccc(C(=O)Nc2ccccc2)cc1N.Cl. The van der Waals surface area contributed by atoms with Gasteiger partial charge < -0.3 is 16.0 Å². The van der Waals surface area contributed by atoms with Gasteiger partial charge in [-0.25, -0.2) is 0 Å². The summed E-state index contributed by atoms with van der Waals surface area (Å²) in [5, 5.41) is 2.83. The van der Waals surface area contributed by atoms with E-state index in [-0.39, 0.29) is 18.3 Å². The number of nitrogens with zero attached hydrogens (tertiary/aromatic N) is 1. The lowest BCUT2D eigenvalue weighted by Gasteiger charge is -2.15. The van der Waals surface area contributed by atoms with Crippen LogP contribution in [0.3, 0.4) is 0 Å². The highest BCUT2D eigenvalue weighted by Gasteiger charge is 2.09. The van der Waals surface area contributed by atoms with Crippen LogP contribution < -0.4 is 16.0 Å². The summed E-state index contributed by atoms with van der Waals surface area (Å²) in [6, 6.07) is 14.6. The molecule has 0 unspecified atom stereocenters. The second-order valence-corrected chi connectivity index (χ2v) is 4.49. The average molecular weight is 292 g/mol. The molecule has 2 aromatic rings. The molecule has 0 saturated heterocycles. The van der Waals surface area contributed by atoms with Crippen molar-refractivity contribution in [3.05, 3.63) is 54.1 Å². The number of benzene rings is 2. The summed E-state index contributed by atoms with van der Waals surface area (Å²) in [6.07, 6.45) is 0. The van der Waals surface area contributed by atoms with E-state index in [2.05, 4.69) is 5.32 Å². The van der Waals surface area contributed by atoms with Crippen molar-refractivity contribution < 1.29 is 4.79 Å². The number of rotatable bonds is 3. The molecule has 0 aliphatic heterocycles. The maximum absolute atomic E-state index is 12.1. The van der Waals surface area contributed by atoms with Crippen LogP contribution in [0.1, 0.15) is 10.4 Å². The first kappa shape index (κ1) is 15.9. The highest BCUT2D eigenvalue weighted by atomic mass is 35.5. The first-order valence-electron chi connectivity index (χ1n) is 6.01. The zero-order valence-corrected chi connectivity index (χ0v) is 12.3. The van der Waals surface area contributed by atoms with E-state index in [4.69, 9.17) is 5.73 Å². The van der Waals surface area contributed by atoms with E-state index >= 15 is 0 Å².